The van der Waals surface area contributed by atoms with Crippen LogP contribution in [0.5, 0.6) is 11.6 Å². The van der Waals surface area contributed by atoms with Crippen molar-refractivity contribution in [3.63, 3.8) is 0 Å². The van der Waals surface area contributed by atoms with E-state index in [2.05, 4.69) is 26.2 Å². The van der Waals surface area contributed by atoms with Gasteiger partial charge in [0.1, 0.15) is 5.75 Å². The zero-order valence-electron chi connectivity index (χ0n) is 13.4. The molecule has 1 aromatic heterocycles. The third kappa shape index (κ3) is 4.33. The number of rotatable bonds is 5. The van der Waals surface area contributed by atoms with Gasteiger partial charge in [-0.1, -0.05) is 15.9 Å². The molecule has 24 heavy (non-hydrogen) atoms. The number of benzene rings is 1. The van der Waals surface area contributed by atoms with Gasteiger partial charge in [-0.2, -0.15) is 0 Å². The number of aromatic nitrogens is 1. The van der Waals surface area contributed by atoms with Crippen LogP contribution in [0.1, 0.15) is 23.7 Å². The van der Waals surface area contributed by atoms with E-state index in [1.807, 2.05) is 31.2 Å². The molecule has 2 atom stereocenters. The highest BCUT2D eigenvalue weighted by molar-refractivity contribution is 9.10. The standard InChI is InChI=1S/C18H19BrN2O3/c1-12(14-8-9-23-11-14)21-18(22)13-2-7-17(20-10-13)24-16-5-3-15(19)4-6-16/h2-7,10,12,14H,8-9,11H2,1H3,(H,21,22)/t12-,14-/m1/s1. The minimum atomic E-state index is -0.128. The molecule has 0 bridgehead atoms. The van der Waals surface area contributed by atoms with E-state index < -0.39 is 0 Å². The van der Waals surface area contributed by atoms with Gasteiger partial charge in [0.15, 0.2) is 0 Å². The summed E-state index contributed by atoms with van der Waals surface area (Å²) in [5, 5.41) is 3.01. The average Bonchev–Trinajstić information content (AvgIpc) is 3.12. The molecule has 6 heteroatoms. The maximum absolute atomic E-state index is 12.3. The molecule has 5 nitrogen and oxygen atoms in total. The Hall–Kier alpha value is -1.92. The molecule has 0 aliphatic carbocycles. The fourth-order valence-corrected chi connectivity index (χ4v) is 2.82. The number of ether oxygens (including phenoxy) is 2. The van der Waals surface area contributed by atoms with Crippen molar-refractivity contribution in [1.82, 2.24) is 10.3 Å². The number of nitrogens with one attached hydrogen (secondary N) is 1. The molecule has 1 fully saturated rings. The van der Waals surface area contributed by atoms with Crippen molar-refractivity contribution in [1.29, 1.82) is 0 Å². The molecule has 1 aliphatic rings. The molecule has 126 valence electrons. The second-order valence-electron chi connectivity index (χ2n) is 5.83. The van der Waals surface area contributed by atoms with E-state index in [1.54, 1.807) is 12.1 Å². The maximum atomic E-state index is 12.3. The third-order valence-corrected chi connectivity index (χ3v) is 4.59. The van der Waals surface area contributed by atoms with Gasteiger partial charge in [-0.25, -0.2) is 4.98 Å². The Morgan fingerprint density at radius 2 is 2.12 bits per heavy atom. The molecular weight excluding hydrogens is 372 g/mol. The summed E-state index contributed by atoms with van der Waals surface area (Å²) in [6.45, 7) is 3.49. The lowest BCUT2D eigenvalue weighted by molar-refractivity contribution is 0.0922. The first-order valence-corrected chi connectivity index (χ1v) is 8.69. The molecule has 2 heterocycles. The Bertz CT molecular complexity index is 682. The van der Waals surface area contributed by atoms with Gasteiger partial charge in [0, 0.05) is 35.3 Å². The van der Waals surface area contributed by atoms with Crippen LogP contribution in [0.4, 0.5) is 0 Å². The molecule has 0 saturated carbocycles. The van der Waals surface area contributed by atoms with Crippen molar-refractivity contribution in [2.45, 2.75) is 19.4 Å². The Morgan fingerprint density at radius 3 is 2.75 bits per heavy atom. The highest BCUT2D eigenvalue weighted by Crippen LogP contribution is 2.22. The molecule has 3 rings (SSSR count). The lowest BCUT2D eigenvalue weighted by atomic mass is 10.0. The van der Waals surface area contributed by atoms with E-state index in [4.69, 9.17) is 9.47 Å². The van der Waals surface area contributed by atoms with Gasteiger partial charge in [-0.15, -0.1) is 0 Å². The number of carbonyl (C=O) groups is 1. The quantitative estimate of drug-likeness (QED) is 0.843. The van der Waals surface area contributed by atoms with Crippen LogP contribution in [-0.4, -0.2) is 30.1 Å². The van der Waals surface area contributed by atoms with E-state index in [0.29, 0.717) is 29.7 Å². The molecule has 0 unspecified atom stereocenters. The smallest absolute Gasteiger partial charge is 0.253 e. The Morgan fingerprint density at radius 1 is 1.33 bits per heavy atom. The summed E-state index contributed by atoms with van der Waals surface area (Å²) in [6, 6.07) is 11.0. The van der Waals surface area contributed by atoms with Crippen LogP contribution in [-0.2, 0) is 4.74 Å². The molecular formula is C18H19BrN2O3. The van der Waals surface area contributed by atoms with Crippen molar-refractivity contribution in [3.05, 3.63) is 52.6 Å². The lowest BCUT2D eigenvalue weighted by Crippen LogP contribution is -2.38. The van der Waals surface area contributed by atoms with Crippen LogP contribution in [0.15, 0.2) is 47.1 Å². The van der Waals surface area contributed by atoms with Gasteiger partial charge >= 0.3 is 0 Å². The Kier molecular flexibility index (Phi) is 5.48. The van der Waals surface area contributed by atoms with E-state index in [-0.39, 0.29) is 11.9 Å². The van der Waals surface area contributed by atoms with Crippen LogP contribution in [0, 0.1) is 5.92 Å². The van der Waals surface area contributed by atoms with Crippen molar-refractivity contribution in [3.8, 4) is 11.6 Å². The summed E-state index contributed by atoms with van der Waals surface area (Å²) in [6.07, 6.45) is 2.51. The first kappa shape index (κ1) is 16.9. The van der Waals surface area contributed by atoms with Gasteiger partial charge in [0.05, 0.1) is 12.2 Å². The highest BCUT2D eigenvalue weighted by Gasteiger charge is 2.23. The number of pyridine rings is 1. The van der Waals surface area contributed by atoms with Crippen molar-refractivity contribution >= 4 is 21.8 Å². The highest BCUT2D eigenvalue weighted by atomic mass is 79.9. The van der Waals surface area contributed by atoms with Gasteiger partial charge < -0.3 is 14.8 Å². The minimum Gasteiger partial charge on any atom is -0.439 e. The second-order valence-corrected chi connectivity index (χ2v) is 6.74. The molecule has 1 saturated heterocycles. The first-order chi connectivity index (χ1) is 11.6. The molecule has 0 spiro atoms. The SMILES string of the molecule is C[C@@H](NC(=O)c1ccc(Oc2ccc(Br)cc2)nc1)[C@@H]1CCOC1. The lowest BCUT2D eigenvalue weighted by Gasteiger charge is -2.19. The van der Waals surface area contributed by atoms with Gasteiger partial charge in [0.25, 0.3) is 5.91 Å². The van der Waals surface area contributed by atoms with E-state index in [9.17, 15) is 4.79 Å². The first-order valence-electron chi connectivity index (χ1n) is 7.90. The molecule has 1 amide bonds. The molecule has 1 N–H and O–H groups in total. The summed E-state index contributed by atoms with van der Waals surface area (Å²) in [4.78, 5) is 16.5. The molecule has 2 aromatic rings. The van der Waals surface area contributed by atoms with Crippen molar-refractivity contribution < 1.29 is 14.3 Å². The third-order valence-electron chi connectivity index (χ3n) is 4.07. The Balaban J connectivity index is 1.59. The second kappa shape index (κ2) is 7.77. The van der Waals surface area contributed by atoms with Crippen LogP contribution in [0.2, 0.25) is 0 Å². The monoisotopic (exact) mass is 390 g/mol. The van der Waals surface area contributed by atoms with E-state index in [0.717, 1.165) is 17.5 Å². The number of hydrogen-bond acceptors (Lipinski definition) is 4. The molecule has 1 aromatic carbocycles. The normalized spacial score (nSPS) is 18.2. The van der Waals surface area contributed by atoms with Crippen LogP contribution < -0.4 is 10.1 Å². The fourth-order valence-electron chi connectivity index (χ4n) is 2.55. The zero-order valence-corrected chi connectivity index (χ0v) is 15.0. The molecule has 1 aliphatic heterocycles. The summed E-state index contributed by atoms with van der Waals surface area (Å²) in [5.74, 6) is 1.39. The topological polar surface area (TPSA) is 60.5 Å². The number of carbonyl (C=O) groups excluding carboxylic acids is 1. The van der Waals surface area contributed by atoms with Crippen LogP contribution >= 0.6 is 15.9 Å². The van der Waals surface area contributed by atoms with Crippen LogP contribution in [0.3, 0.4) is 0 Å². The Labute approximate surface area is 149 Å². The zero-order chi connectivity index (χ0) is 16.9. The summed E-state index contributed by atoms with van der Waals surface area (Å²) >= 11 is 3.38. The fraction of sp³-hybridized carbons (Fsp3) is 0.333. The predicted octanol–water partition coefficient (Wildman–Crippen LogP) is 3.79. The minimum absolute atomic E-state index is 0.0821. The summed E-state index contributed by atoms with van der Waals surface area (Å²) in [7, 11) is 0. The number of nitrogens with zero attached hydrogens (tertiary/aromatic N) is 1. The van der Waals surface area contributed by atoms with Crippen LogP contribution in [0.25, 0.3) is 0 Å². The average molecular weight is 391 g/mol. The van der Waals surface area contributed by atoms with Crippen molar-refractivity contribution in [2.75, 3.05) is 13.2 Å². The van der Waals surface area contributed by atoms with Gasteiger partial charge in [-0.05, 0) is 43.7 Å². The number of amides is 1. The van der Waals surface area contributed by atoms with E-state index >= 15 is 0 Å². The molecule has 0 radical (unpaired) electrons. The predicted molar refractivity (Wildman–Crippen MR) is 94.3 cm³/mol. The van der Waals surface area contributed by atoms with Gasteiger partial charge in [0.2, 0.25) is 5.88 Å². The van der Waals surface area contributed by atoms with Gasteiger partial charge in [-0.3, -0.25) is 4.79 Å². The van der Waals surface area contributed by atoms with Crippen molar-refractivity contribution in [2.24, 2.45) is 5.92 Å². The largest absolute Gasteiger partial charge is 0.439 e. The number of hydrogen-bond donors (Lipinski definition) is 1. The number of halogens is 1. The summed E-state index contributed by atoms with van der Waals surface area (Å²) < 4.78 is 12.0. The maximum Gasteiger partial charge on any atom is 0.253 e. The van der Waals surface area contributed by atoms with E-state index in [1.165, 1.54) is 6.20 Å². The summed E-state index contributed by atoms with van der Waals surface area (Å²) in [5.41, 5.74) is 0.518.